The van der Waals surface area contributed by atoms with E-state index in [1.54, 1.807) is 0 Å². The third-order valence-corrected chi connectivity index (χ3v) is 3.43. The van der Waals surface area contributed by atoms with E-state index in [1.807, 2.05) is 11.3 Å². The summed E-state index contributed by atoms with van der Waals surface area (Å²) < 4.78 is 0. The topological polar surface area (TPSA) is 15.3 Å². The van der Waals surface area contributed by atoms with Crippen molar-refractivity contribution in [2.75, 3.05) is 26.7 Å². The van der Waals surface area contributed by atoms with Crippen LogP contribution in [0.15, 0.2) is 12.1 Å². The summed E-state index contributed by atoms with van der Waals surface area (Å²) in [5.41, 5.74) is 0. The van der Waals surface area contributed by atoms with Crippen LogP contribution in [0.1, 0.15) is 23.6 Å². The van der Waals surface area contributed by atoms with Gasteiger partial charge in [-0.2, -0.15) is 0 Å². The molecule has 1 rings (SSSR count). The molecule has 92 valence electrons. The first-order valence-electron chi connectivity index (χ1n) is 6.02. The molecule has 0 fully saturated rings. The van der Waals surface area contributed by atoms with E-state index >= 15 is 0 Å². The molecule has 0 amide bonds. The Bertz CT molecular complexity index is 294. The third-order valence-electron chi connectivity index (χ3n) is 2.44. The summed E-state index contributed by atoms with van der Waals surface area (Å²) in [5.74, 6) is 0.741. The molecular weight excluding hydrogens is 216 g/mol. The molecule has 0 radical (unpaired) electrons. The van der Waals surface area contributed by atoms with Gasteiger partial charge in [0.1, 0.15) is 0 Å². The lowest BCUT2D eigenvalue weighted by atomic mass is 10.2. The van der Waals surface area contributed by atoms with E-state index in [4.69, 9.17) is 0 Å². The molecule has 0 saturated heterocycles. The summed E-state index contributed by atoms with van der Waals surface area (Å²) in [6.45, 7) is 11.0. The van der Waals surface area contributed by atoms with Crippen LogP contribution in [0.25, 0.3) is 0 Å². The Kier molecular flexibility index (Phi) is 6.03. The fourth-order valence-electron chi connectivity index (χ4n) is 1.58. The Hall–Kier alpha value is -0.380. The Morgan fingerprint density at radius 3 is 2.69 bits per heavy atom. The second kappa shape index (κ2) is 7.05. The van der Waals surface area contributed by atoms with Crippen LogP contribution >= 0.6 is 11.3 Å². The first kappa shape index (κ1) is 13.7. The first-order valence-corrected chi connectivity index (χ1v) is 6.84. The summed E-state index contributed by atoms with van der Waals surface area (Å²) in [7, 11) is 2.19. The number of hydrogen-bond acceptors (Lipinski definition) is 3. The van der Waals surface area contributed by atoms with Crippen molar-refractivity contribution in [3.63, 3.8) is 0 Å². The minimum atomic E-state index is 0.741. The average molecular weight is 240 g/mol. The van der Waals surface area contributed by atoms with Gasteiger partial charge in [-0.3, -0.25) is 0 Å². The zero-order chi connectivity index (χ0) is 12.0. The zero-order valence-corrected chi connectivity index (χ0v) is 11.7. The molecule has 1 aromatic rings. The minimum Gasteiger partial charge on any atom is -0.315 e. The van der Waals surface area contributed by atoms with E-state index in [0.29, 0.717) is 0 Å². The van der Waals surface area contributed by atoms with Crippen molar-refractivity contribution in [3.8, 4) is 0 Å². The van der Waals surface area contributed by atoms with Crippen molar-refractivity contribution in [1.29, 1.82) is 0 Å². The molecule has 0 aliphatic heterocycles. The second-order valence-electron chi connectivity index (χ2n) is 4.85. The highest BCUT2D eigenvalue weighted by molar-refractivity contribution is 7.11. The molecule has 0 aromatic carbocycles. The molecule has 0 atom stereocenters. The maximum atomic E-state index is 3.47. The highest BCUT2D eigenvalue weighted by Crippen LogP contribution is 2.16. The standard InChI is InChI=1S/C13H24N2S/c1-11(2)9-14-7-8-15(4)10-13-6-5-12(3)16-13/h5-6,11,14H,7-10H2,1-4H3. The van der Waals surface area contributed by atoms with E-state index in [2.05, 4.69) is 50.2 Å². The molecule has 0 aliphatic carbocycles. The van der Waals surface area contributed by atoms with E-state index in [-0.39, 0.29) is 0 Å². The lowest BCUT2D eigenvalue weighted by Crippen LogP contribution is -2.30. The van der Waals surface area contributed by atoms with Gasteiger partial charge < -0.3 is 10.2 Å². The molecule has 0 bridgehead atoms. The van der Waals surface area contributed by atoms with E-state index in [0.717, 1.165) is 32.1 Å². The van der Waals surface area contributed by atoms with Crippen LogP contribution in [-0.2, 0) is 6.54 Å². The van der Waals surface area contributed by atoms with Crippen molar-refractivity contribution >= 4 is 11.3 Å². The zero-order valence-electron chi connectivity index (χ0n) is 10.9. The van der Waals surface area contributed by atoms with E-state index < -0.39 is 0 Å². The monoisotopic (exact) mass is 240 g/mol. The van der Waals surface area contributed by atoms with Crippen molar-refractivity contribution in [2.24, 2.45) is 5.92 Å². The Labute approximate surface area is 104 Å². The minimum absolute atomic E-state index is 0.741. The average Bonchev–Trinajstić information content (AvgIpc) is 2.58. The van der Waals surface area contributed by atoms with Crippen molar-refractivity contribution in [2.45, 2.75) is 27.3 Å². The largest absolute Gasteiger partial charge is 0.315 e. The van der Waals surface area contributed by atoms with E-state index in [1.165, 1.54) is 9.75 Å². The molecule has 16 heavy (non-hydrogen) atoms. The number of nitrogens with one attached hydrogen (secondary N) is 1. The number of hydrogen-bond donors (Lipinski definition) is 1. The van der Waals surface area contributed by atoms with Gasteiger partial charge in [0.05, 0.1) is 0 Å². The lowest BCUT2D eigenvalue weighted by molar-refractivity contribution is 0.324. The van der Waals surface area contributed by atoms with Crippen LogP contribution in [0.2, 0.25) is 0 Å². The van der Waals surface area contributed by atoms with Crippen LogP contribution in [0.3, 0.4) is 0 Å². The van der Waals surface area contributed by atoms with Gasteiger partial charge in [0.2, 0.25) is 0 Å². The van der Waals surface area contributed by atoms with Crippen molar-refractivity contribution < 1.29 is 0 Å². The summed E-state index contributed by atoms with van der Waals surface area (Å²) in [4.78, 5) is 5.24. The van der Waals surface area contributed by atoms with Gasteiger partial charge in [0.25, 0.3) is 0 Å². The van der Waals surface area contributed by atoms with Gasteiger partial charge in [-0.05, 0) is 38.6 Å². The number of rotatable bonds is 7. The highest BCUT2D eigenvalue weighted by atomic mass is 32.1. The van der Waals surface area contributed by atoms with Crippen LogP contribution in [0.4, 0.5) is 0 Å². The summed E-state index contributed by atoms with van der Waals surface area (Å²) in [6.07, 6.45) is 0. The maximum absolute atomic E-state index is 3.47. The number of thiophene rings is 1. The smallest absolute Gasteiger partial charge is 0.0325 e. The molecule has 0 aliphatic rings. The lowest BCUT2D eigenvalue weighted by Gasteiger charge is -2.16. The molecule has 2 nitrogen and oxygen atoms in total. The normalized spacial score (nSPS) is 11.6. The molecule has 0 unspecified atom stereocenters. The number of likely N-dealkylation sites (N-methyl/N-ethyl adjacent to an activating group) is 1. The SMILES string of the molecule is Cc1ccc(CN(C)CCNCC(C)C)s1. The second-order valence-corrected chi connectivity index (χ2v) is 6.22. The van der Waals surface area contributed by atoms with Crippen LogP contribution in [-0.4, -0.2) is 31.6 Å². The molecule has 1 aromatic heterocycles. The Balaban J connectivity index is 2.13. The number of aryl methyl sites for hydroxylation is 1. The van der Waals surface area contributed by atoms with Gasteiger partial charge in [-0.1, -0.05) is 13.8 Å². The van der Waals surface area contributed by atoms with E-state index in [9.17, 15) is 0 Å². The highest BCUT2D eigenvalue weighted by Gasteiger charge is 2.02. The predicted molar refractivity (Wildman–Crippen MR) is 73.1 cm³/mol. The van der Waals surface area contributed by atoms with Gasteiger partial charge in [0.15, 0.2) is 0 Å². The Morgan fingerprint density at radius 2 is 2.12 bits per heavy atom. The fraction of sp³-hybridized carbons (Fsp3) is 0.692. The molecule has 1 N–H and O–H groups in total. The number of nitrogens with zero attached hydrogens (tertiary/aromatic N) is 1. The molecular formula is C13H24N2S. The van der Waals surface area contributed by atoms with Crippen molar-refractivity contribution in [3.05, 3.63) is 21.9 Å². The maximum Gasteiger partial charge on any atom is 0.0325 e. The fourth-order valence-corrected chi connectivity index (χ4v) is 2.55. The van der Waals surface area contributed by atoms with Gasteiger partial charge >= 0.3 is 0 Å². The molecule has 3 heteroatoms. The Morgan fingerprint density at radius 1 is 1.38 bits per heavy atom. The van der Waals surface area contributed by atoms with Gasteiger partial charge in [-0.15, -0.1) is 11.3 Å². The predicted octanol–water partition coefficient (Wildman–Crippen LogP) is 2.73. The molecule has 0 saturated carbocycles. The van der Waals surface area contributed by atoms with Gasteiger partial charge in [-0.25, -0.2) is 0 Å². The molecule has 0 spiro atoms. The van der Waals surface area contributed by atoms with Crippen LogP contribution in [0.5, 0.6) is 0 Å². The summed E-state index contributed by atoms with van der Waals surface area (Å²) in [5, 5.41) is 3.47. The van der Waals surface area contributed by atoms with Crippen LogP contribution in [0, 0.1) is 12.8 Å². The third kappa shape index (κ3) is 5.64. The molecule has 1 heterocycles. The van der Waals surface area contributed by atoms with Gasteiger partial charge in [0, 0.05) is 29.4 Å². The van der Waals surface area contributed by atoms with Crippen LogP contribution < -0.4 is 5.32 Å². The quantitative estimate of drug-likeness (QED) is 0.737. The first-order chi connectivity index (χ1) is 7.58. The summed E-state index contributed by atoms with van der Waals surface area (Å²) in [6, 6.07) is 4.43. The van der Waals surface area contributed by atoms with Crippen molar-refractivity contribution in [1.82, 2.24) is 10.2 Å². The summed E-state index contributed by atoms with van der Waals surface area (Å²) >= 11 is 1.90.